The molecule has 0 aliphatic heterocycles. The van der Waals surface area contributed by atoms with Crippen molar-refractivity contribution in [2.75, 3.05) is 0 Å². The molecule has 16 heterocycles. The highest BCUT2D eigenvalue weighted by atomic mass is 32.1. The van der Waals surface area contributed by atoms with E-state index < -0.39 is 0 Å². The summed E-state index contributed by atoms with van der Waals surface area (Å²) in [6.45, 7) is 0. The highest BCUT2D eigenvalue weighted by molar-refractivity contribution is 7.22. The molecule has 0 bridgehead atoms. The predicted octanol–water partition coefficient (Wildman–Crippen LogP) is 30.1. The largest absolute Gasteiger partial charge is 0.309 e. The number of pyridine rings is 8. The summed E-state index contributed by atoms with van der Waals surface area (Å²) >= 11 is 6.65. The number of rotatable bonds is 12. The third-order valence-corrected chi connectivity index (χ3v) is 29.1. The molecule has 0 saturated heterocycles. The van der Waals surface area contributed by atoms with Gasteiger partial charge in [-0.2, -0.15) is 0 Å². The molecule has 640 valence electrons. The lowest BCUT2D eigenvalue weighted by Gasteiger charge is -2.09. The summed E-state index contributed by atoms with van der Waals surface area (Å²) in [5.74, 6) is 0. The first-order valence-electron chi connectivity index (χ1n) is 44.4. The monoisotopic (exact) mass is 1820 g/mol. The van der Waals surface area contributed by atoms with Crippen molar-refractivity contribution in [1.82, 2.24) is 78.1 Å². The van der Waals surface area contributed by atoms with Crippen LogP contribution in [-0.2, 0) is 0 Å². The van der Waals surface area contributed by atoms with Crippen LogP contribution in [0.15, 0.2) is 438 Å². The smallest absolute Gasteiger partial charge is 0.145 e. The molecule has 0 amide bonds. The van der Waals surface area contributed by atoms with E-state index in [0.29, 0.717) is 0 Å². The van der Waals surface area contributed by atoms with Gasteiger partial charge in [0, 0.05) is 103 Å². The number of aromatic nitrogens is 16. The van der Waals surface area contributed by atoms with Crippen LogP contribution in [0.1, 0.15) is 0 Å². The normalized spacial score (nSPS) is 11.5. The molecule has 0 aliphatic rings. The summed E-state index contributed by atoms with van der Waals surface area (Å²) in [6, 6.07) is 128. The fourth-order valence-corrected chi connectivity index (χ4v) is 22.0. The van der Waals surface area contributed by atoms with Crippen molar-refractivity contribution >= 4 is 174 Å². The Labute approximate surface area is 793 Å². The zero-order chi connectivity index (χ0) is 89.9. The van der Waals surface area contributed by atoms with Gasteiger partial charge in [-0.25, -0.2) is 29.9 Å². The predicted molar refractivity (Wildman–Crippen MR) is 562 cm³/mol. The first-order valence-corrected chi connectivity index (χ1v) is 47.7. The Morgan fingerprint density at radius 2 is 0.456 bits per heavy atom. The number of hydrogen-bond donors (Lipinski definition) is 0. The number of nitrogens with zero attached hydrogens (tertiary/aromatic N) is 16. The third kappa shape index (κ3) is 15.0. The zero-order valence-electron chi connectivity index (χ0n) is 72.4. The van der Waals surface area contributed by atoms with Gasteiger partial charge in [-0.3, -0.25) is 39.0 Å². The lowest BCUT2D eigenvalue weighted by atomic mass is 10.0. The molecule has 0 radical (unpaired) electrons. The molecule has 0 spiro atoms. The summed E-state index contributed by atoms with van der Waals surface area (Å²) in [5, 5.41) is 13.5. The first kappa shape index (κ1) is 80.7. The maximum Gasteiger partial charge on any atom is 0.145 e. The van der Waals surface area contributed by atoms with Gasteiger partial charge in [0.25, 0.3) is 0 Å². The van der Waals surface area contributed by atoms with Gasteiger partial charge in [-0.05, 0) is 226 Å². The van der Waals surface area contributed by atoms with Crippen LogP contribution in [-0.4, -0.2) is 78.1 Å². The minimum absolute atomic E-state index is 0.860. The van der Waals surface area contributed by atoms with E-state index in [0.717, 1.165) is 145 Å². The van der Waals surface area contributed by atoms with E-state index in [4.69, 9.17) is 24.9 Å². The van der Waals surface area contributed by atoms with Gasteiger partial charge >= 0.3 is 0 Å². The Morgan fingerprint density at radius 3 is 0.801 bits per heavy atom. The minimum Gasteiger partial charge on any atom is -0.309 e. The number of thiazole rings is 4. The van der Waals surface area contributed by atoms with Gasteiger partial charge in [0.1, 0.15) is 53.4 Å². The molecule has 136 heavy (non-hydrogen) atoms. The molecule has 28 rings (SSSR count). The number of para-hydroxylation sites is 2. The molecule has 0 aliphatic carbocycles. The van der Waals surface area contributed by atoms with E-state index in [1.54, 1.807) is 70.1 Å². The molecular weight excluding hydrogens is 1750 g/mol. The molecule has 16 nitrogen and oxygen atoms in total. The van der Waals surface area contributed by atoms with E-state index in [2.05, 4.69) is 375 Å². The maximum absolute atomic E-state index is 4.85. The van der Waals surface area contributed by atoms with E-state index in [1.165, 1.54) is 93.2 Å². The summed E-state index contributed by atoms with van der Waals surface area (Å²) in [4.78, 5) is 54.4. The van der Waals surface area contributed by atoms with Crippen LogP contribution in [0.5, 0.6) is 0 Å². The van der Waals surface area contributed by atoms with Crippen molar-refractivity contribution in [3.05, 3.63) is 438 Å². The molecule has 28 aromatic rings. The highest BCUT2D eigenvalue weighted by Gasteiger charge is 2.22. The Kier molecular flexibility index (Phi) is 20.6. The molecule has 12 aromatic carbocycles. The average Bonchev–Trinajstić information content (AvgIpc) is 1.60. The molecule has 0 N–H and O–H groups in total. The van der Waals surface area contributed by atoms with Gasteiger partial charge < -0.3 is 9.13 Å². The van der Waals surface area contributed by atoms with Gasteiger partial charge in [-0.15, -0.1) is 45.3 Å². The van der Waals surface area contributed by atoms with Crippen LogP contribution in [0.4, 0.5) is 0 Å². The van der Waals surface area contributed by atoms with E-state index in [9.17, 15) is 0 Å². The molecule has 20 heteroatoms. The minimum atomic E-state index is 0.860. The Morgan fingerprint density at radius 1 is 0.176 bits per heavy atom. The van der Waals surface area contributed by atoms with Crippen LogP contribution in [0.2, 0.25) is 0 Å². The quantitative estimate of drug-likeness (QED) is 0.113. The standard InChI is InChI=1S/C36H23N3S.C35H22N4S.C23H14N4S.C22H13N5S/c1-3-7-24(8-4-1)27-13-17-33-30(21-27)31-22-28(25-9-5-2-6-10-25)14-18-34(31)39(33)29-15-11-26(12-16-29)36-38-32-23-37-20-19-35(32)40-36;1-3-7-23(8-4-1)25-11-15-32-28(19-25)29-20-26(24-9-5-2-6-10-24)12-16-33(29)39(32)27-13-14-30(37-21-27)35-38-31-22-36-18-17-34(31)40-35;1-2-6-20-17(4-1)18-5-3-12-25-22(18)27(20)16-9-7-15(8-10-16)23-26-19-14-24-13-11-21(19)28-23;1-2-6-19-15(4-1)16-5-3-10-24-21(16)27(19)14-7-8-17(25-12-14)22-26-18-13-23-11-9-20(18)28-22/h1-23H;1-22H;1-14H;1-13H. The summed E-state index contributed by atoms with van der Waals surface area (Å²) in [6.07, 6.45) is 22.0. The topological polar surface area (TPSA) is 174 Å². The van der Waals surface area contributed by atoms with E-state index in [-0.39, 0.29) is 0 Å². The van der Waals surface area contributed by atoms with Gasteiger partial charge in [0.05, 0.1) is 112 Å². The maximum atomic E-state index is 4.85. The second-order valence-corrected chi connectivity index (χ2v) is 37.0. The molecule has 0 fully saturated rings. The van der Waals surface area contributed by atoms with Crippen molar-refractivity contribution in [2.45, 2.75) is 0 Å². The fraction of sp³-hybridized carbons (Fsp3) is 0. The highest BCUT2D eigenvalue weighted by Crippen LogP contribution is 2.44. The molecule has 16 aromatic heterocycles. The first-order chi connectivity index (χ1) is 67.4. The molecule has 0 atom stereocenters. The van der Waals surface area contributed by atoms with Crippen LogP contribution >= 0.6 is 45.3 Å². The molecule has 0 unspecified atom stereocenters. The number of hydrogen-bond acceptors (Lipinski definition) is 16. The lowest BCUT2D eigenvalue weighted by molar-refractivity contribution is 1.11. The Balaban J connectivity index is 0.0000000979. The summed E-state index contributed by atoms with van der Waals surface area (Å²) in [7, 11) is 0. The zero-order valence-corrected chi connectivity index (χ0v) is 75.6. The number of benzene rings is 12. The second kappa shape index (κ2) is 34.7. The third-order valence-electron chi connectivity index (χ3n) is 24.8. The van der Waals surface area contributed by atoms with Crippen LogP contribution < -0.4 is 0 Å². The SMILES string of the molecule is c1ccc(-c2ccc3c(c2)c2cc(-c4ccccc4)ccc2n3-c2ccc(-c3nc4cnccc4s3)cc2)cc1.c1ccc(-c2ccc3c(c2)c2cc(-c4ccccc4)ccc2n3-c2ccc(-c3nc4cnccc4s3)nc2)cc1.c1ccc2c(c1)c1cccnc1n2-c1ccc(-c2nc3cnccc3s2)cc1.c1ccc2c(c1)c1cccnc1n2-c1ccc(-c2nc3cnccc3s2)nc1. The van der Waals surface area contributed by atoms with Gasteiger partial charge in [0.15, 0.2) is 0 Å². The Hall–Kier alpha value is -17.4. The van der Waals surface area contributed by atoms with Crippen LogP contribution in [0.3, 0.4) is 0 Å². The van der Waals surface area contributed by atoms with Crippen molar-refractivity contribution in [2.24, 2.45) is 0 Å². The molecule has 0 saturated carbocycles. The van der Waals surface area contributed by atoms with Gasteiger partial charge in [0.2, 0.25) is 0 Å². The summed E-state index contributed by atoms with van der Waals surface area (Å²) in [5.41, 5.74) is 30.5. The Bertz CT molecular complexity index is 8380. The van der Waals surface area contributed by atoms with Crippen molar-refractivity contribution in [3.63, 3.8) is 0 Å². The van der Waals surface area contributed by atoms with Crippen molar-refractivity contribution in [1.29, 1.82) is 0 Å². The van der Waals surface area contributed by atoms with Gasteiger partial charge in [-0.1, -0.05) is 182 Å². The lowest BCUT2D eigenvalue weighted by Crippen LogP contribution is -1.96. The van der Waals surface area contributed by atoms with Crippen molar-refractivity contribution < 1.29 is 0 Å². The van der Waals surface area contributed by atoms with Crippen LogP contribution in [0, 0.1) is 0 Å². The van der Waals surface area contributed by atoms with Crippen LogP contribution in [0.25, 0.3) is 238 Å². The van der Waals surface area contributed by atoms with E-state index >= 15 is 0 Å². The number of fused-ring (bicyclic) bond motifs is 16. The second-order valence-electron chi connectivity index (χ2n) is 32.9. The molecular formula is C116H72N16S4. The summed E-state index contributed by atoms with van der Waals surface area (Å²) < 4.78 is 13.6. The van der Waals surface area contributed by atoms with E-state index in [1.807, 2.05) is 92.0 Å². The van der Waals surface area contributed by atoms with Crippen molar-refractivity contribution in [3.8, 4) is 110 Å². The fourth-order valence-electron chi connectivity index (χ4n) is 18.3. The average molecular weight is 1820 g/mol.